The maximum Gasteiger partial charge on any atom is 0.348 e. The Bertz CT molecular complexity index is 574. The van der Waals surface area contributed by atoms with Gasteiger partial charge in [-0.2, -0.15) is 5.26 Å². The molecule has 1 aliphatic heterocycles. The zero-order chi connectivity index (χ0) is 13.1. The van der Waals surface area contributed by atoms with Gasteiger partial charge in [0.05, 0.1) is 12.1 Å². The molecule has 1 aromatic carbocycles. The fraction of sp³-hybridized carbons (Fsp3) is 0.167. The molecule has 0 spiro atoms. The van der Waals surface area contributed by atoms with Crippen LogP contribution < -0.4 is 9.47 Å². The predicted octanol–water partition coefficient (Wildman–Crippen LogP) is 2.15. The minimum absolute atomic E-state index is 0.126. The largest absolute Gasteiger partial charge is 0.465 e. The van der Waals surface area contributed by atoms with Crippen molar-refractivity contribution in [2.75, 3.05) is 13.9 Å². The van der Waals surface area contributed by atoms with Crippen molar-refractivity contribution >= 4 is 23.6 Å². The van der Waals surface area contributed by atoms with Gasteiger partial charge in [0.2, 0.25) is 6.79 Å². The standard InChI is InChI=1S/C12H8ClNO4/c1-16-12(15)8(5-14)2-7-3-10-11(4-9(7)13)18-6-17-10/h2-4H,6H2,1H3/b8-2+. The highest BCUT2D eigenvalue weighted by Crippen LogP contribution is 2.37. The summed E-state index contributed by atoms with van der Waals surface area (Å²) < 4.78 is 14.8. The van der Waals surface area contributed by atoms with Crippen molar-refractivity contribution in [3.05, 3.63) is 28.3 Å². The minimum atomic E-state index is -0.716. The van der Waals surface area contributed by atoms with Gasteiger partial charge < -0.3 is 14.2 Å². The second-order valence-corrected chi connectivity index (χ2v) is 3.80. The van der Waals surface area contributed by atoms with Crippen molar-refractivity contribution < 1.29 is 19.0 Å². The van der Waals surface area contributed by atoms with Crippen LogP contribution >= 0.6 is 11.6 Å². The third kappa shape index (κ3) is 2.24. The molecule has 0 saturated heterocycles. The number of halogens is 1. The van der Waals surface area contributed by atoms with E-state index in [1.54, 1.807) is 18.2 Å². The van der Waals surface area contributed by atoms with Crippen LogP contribution in [0.25, 0.3) is 6.08 Å². The first kappa shape index (κ1) is 12.3. The Morgan fingerprint density at radius 3 is 2.78 bits per heavy atom. The molecule has 5 nitrogen and oxygen atoms in total. The summed E-state index contributed by atoms with van der Waals surface area (Å²) in [5.74, 6) is 0.341. The number of nitriles is 1. The molecule has 18 heavy (non-hydrogen) atoms. The summed E-state index contributed by atoms with van der Waals surface area (Å²) in [6, 6.07) is 4.93. The number of benzene rings is 1. The quantitative estimate of drug-likeness (QED) is 0.466. The lowest BCUT2D eigenvalue weighted by molar-refractivity contribution is -0.135. The van der Waals surface area contributed by atoms with E-state index >= 15 is 0 Å². The first-order valence-corrected chi connectivity index (χ1v) is 5.32. The number of fused-ring (bicyclic) bond motifs is 1. The summed E-state index contributed by atoms with van der Waals surface area (Å²) >= 11 is 6.02. The van der Waals surface area contributed by atoms with Gasteiger partial charge >= 0.3 is 5.97 Å². The molecule has 1 aliphatic rings. The molecule has 1 aromatic rings. The summed E-state index contributed by atoms with van der Waals surface area (Å²) in [6.45, 7) is 0.126. The second kappa shape index (κ2) is 4.98. The van der Waals surface area contributed by atoms with Gasteiger partial charge in [-0.25, -0.2) is 4.79 Å². The van der Waals surface area contributed by atoms with Gasteiger partial charge in [0.15, 0.2) is 11.5 Å². The van der Waals surface area contributed by atoms with E-state index in [-0.39, 0.29) is 12.4 Å². The van der Waals surface area contributed by atoms with Crippen LogP contribution in [0.4, 0.5) is 0 Å². The van der Waals surface area contributed by atoms with Gasteiger partial charge in [0, 0.05) is 6.07 Å². The average molecular weight is 266 g/mol. The number of rotatable bonds is 2. The minimum Gasteiger partial charge on any atom is -0.465 e. The molecule has 0 atom stereocenters. The fourth-order valence-electron chi connectivity index (χ4n) is 1.45. The summed E-state index contributed by atoms with van der Waals surface area (Å²) in [5, 5.41) is 9.21. The molecule has 0 unspecified atom stereocenters. The Balaban J connectivity index is 2.43. The number of carbonyl (C=O) groups is 1. The molecular formula is C12H8ClNO4. The molecule has 6 heteroatoms. The van der Waals surface area contributed by atoms with Gasteiger partial charge in [-0.1, -0.05) is 11.6 Å². The van der Waals surface area contributed by atoms with E-state index in [1.165, 1.54) is 13.2 Å². The van der Waals surface area contributed by atoms with Gasteiger partial charge in [-0.3, -0.25) is 0 Å². The number of methoxy groups -OCH3 is 1. The van der Waals surface area contributed by atoms with E-state index in [2.05, 4.69) is 4.74 Å². The lowest BCUT2D eigenvalue weighted by atomic mass is 10.1. The van der Waals surface area contributed by atoms with Crippen molar-refractivity contribution in [3.8, 4) is 17.6 Å². The van der Waals surface area contributed by atoms with E-state index in [0.717, 1.165) is 0 Å². The highest BCUT2D eigenvalue weighted by molar-refractivity contribution is 6.32. The van der Waals surface area contributed by atoms with Gasteiger partial charge in [-0.15, -0.1) is 0 Å². The van der Waals surface area contributed by atoms with E-state index in [4.69, 9.17) is 26.3 Å². The summed E-state index contributed by atoms with van der Waals surface area (Å²) in [7, 11) is 1.20. The Morgan fingerprint density at radius 1 is 1.50 bits per heavy atom. The molecule has 0 radical (unpaired) electrons. The molecule has 2 rings (SSSR count). The predicted molar refractivity (Wildman–Crippen MR) is 63.2 cm³/mol. The number of esters is 1. The molecule has 0 fully saturated rings. The maximum absolute atomic E-state index is 11.3. The molecule has 0 aromatic heterocycles. The van der Waals surface area contributed by atoms with Crippen molar-refractivity contribution in [2.45, 2.75) is 0 Å². The third-order valence-electron chi connectivity index (χ3n) is 2.32. The molecule has 0 N–H and O–H groups in total. The van der Waals surface area contributed by atoms with Crippen LogP contribution in [0.15, 0.2) is 17.7 Å². The SMILES string of the molecule is COC(=O)/C(C#N)=C/c1cc2c(cc1Cl)OCO2. The smallest absolute Gasteiger partial charge is 0.348 e. The summed E-state index contributed by atoms with van der Waals surface area (Å²) in [5.41, 5.74) is 0.348. The van der Waals surface area contributed by atoms with Crippen LogP contribution in [0.1, 0.15) is 5.56 Å². The van der Waals surface area contributed by atoms with Gasteiger partial charge in [0.1, 0.15) is 11.6 Å². The number of carbonyl (C=O) groups excluding carboxylic acids is 1. The zero-order valence-corrected chi connectivity index (χ0v) is 10.2. The van der Waals surface area contributed by atoms with Crippen LogP contribution in [0.5, 0.6) is 11.5 Å². The van der Waals surface area contributed by atoms with Crippen molar-refractivity contribution in [1.82, 2.24) is 0 Å². The van der Waals surface area contributed by atoms with Crippen molar-refractivity contribution in [3.63, 3.8) is 0 Å². The molecule has 92 valence electrons. The van der Waals surface area contributed by atoms with Gasteiger partial charge in [0.25, 0.3) is 0 Å². The Hall–Kier alpha value is -2.19. The Labute approximate surface area is 108 Å². The van der Waals surface area contributed by atoms with E-state index in [0.29, 0.717) is 22.1 Å². The van der Waals surface area contributed by atoms with Crippen LogP contribution in [0.2, 0.25) is 5.02 Å². The van der Waals surface area contributed by atoms with E-state index in [1.807, 2.05) is 0 Å². The summed E-state index contributed by atoms with van der Waals surface area (Å²) in [6.07, 6.45) is 1.34. The summed E-state index contributed by atoms with van der Waals surface area (Å²) in [4.78, 5) is 11.3. The first-order chi connectivity index (χ1) is 8.65. The first-order valence-electron chi connectivity index (χ1n) is 4.95. The molecule has 0 amide bonds. The van der Waals surface area contributed by atoms with E-state index in [9.17, 15) is 4.79 Å². The number of hydrogen-bond donors (Lipinski definition) is 0. The number of ether oxygens (including phenoxy) is 3. The molecule has 1 heterocycles. The highest BCUT2D eigenvalue weighted by atomic mass is 35.5. The molecule has 0 saturated carbocycles. The highest BCUT2D eigenvalue weighted by Gasteiger charge is 2.17. The lowest BCUT2D eigenvalue weighted by Crippen LogP contribution is -2.02. The second-order valence-electron chi connectivity index (χ2n) is 3.39. The zero-order valence-electron chi connectivity index (χ0n) is 9.40. The topological polar surface area (TPSA) is 68.6 Å². The lowest BCUT2D eigenvalue weighted by Gasteiger charge is -2.02. The van der Waals surface area contributed by atoms with Crippen molar-refractivity contribution in [2.24, 2.45) is 0 Å². The fourth-order valence-corrected chi connectivity index (χ4v) is 1.65. The van der Waals surface area contributed by atoms with Crippen LogP contribution in [0, 0.1) is 11.3 Å². The van der Waals surface area contributed by atoms with Crippen LogP contribution in [-0.4, -0.2) is 19.9 Å². The molecular weight excluding hydrogens is 258 g/mol. The molecule has 0 bridgehead atoms. The van der Waals surface area contributed by atoms with Crippen LogP contribution in [0.3, 0.4) is 0 Å². The normalized spacial score (nSPS) is 13.1. The van der Waals surface area contributed by atoms with Crippen molar-refractivity contribution in [1.29, 1.82) is 5.26 Å². The van der Waals surface area contributed by atoms with Gasteiger partial charge in [-0.05, 0) is 17.7 Å². The Morgan fingerprint density at radius 2 is 2.17 bits per heavy atom. The number of hydrogen-bond acceptors (Lipinski definition) is 5. The third-order valence-corrected chi connectivity index (χ3v) is 2.64. The maximum atomic E-state index is 11.3. The van der Waals surface area contributed by atoms with Crippen LogP contribution in [-0.2, 0) is 9.53 Å². The van der Waals surface area contributed by atoms with E-state index < -0.39 is 5.97 Å². The average Bonchev–Trinajstić information content (AvgIpc) is 2.81. The number of nitrogens with zero attached hydrogens (tertiary/aromatic N) is 1. The molecule has 0 aliphatic carbocycles. The Kier molecular flexibility index (Phi) is 3.40. The monoisotopic (exact) mass is 265 g/mol.